The van der Waals surface area contributed by atoms with Crippen LogP contribution in [0.15, 0.2) is 36.4 Å². The zero-order valence-electron chi connectivity index (χ0n) is 15.1. The summed E-state index contributed by atoms with van der Waals surface area (Å²) in [6.07, 6.45) is 0. The van der Waals surface area contributed by atoms with Gasteiger partial charge in [0.2, 0.25) is 11.8 Å². The van der Waals surface area contributed by atoms with Gasteiger partial charge in [0.25, 0.3) is 0 Å². The number of rotatable bonds is 5. The number of methoxy groups -OCH3 is 1. The monoisotopic (exact) mass is 356 g/mol. The number of pyridine rings is 1. The van der Waals surface area contributed by atoms with Gasteiger partial charge in [0.1, 0.15) is 12.6 Å². The third kappa shape index (κ3) is 4.17. The smallest absolute Gasteiger partial charge is 0.249 e. The molecule has 7 nitrogen and oxygen atoms in total. The van der Waals surface area contributed by atoms with Crippen LogP contribution in [0.2, 0.25) is 0 Å². The molecule has 1 fully saturated rings. The van der Waals surface area contributed by atoms with Gasteiger partial charge < -0.3 is 19.9 Å². The van der Waals surface area contributed by atoms with E-state index in [4.69, 9.17) is 4.74 Å². The molecule has 1 N–H and O–H groups in total. The van der Waals surface area contributed by atoms with E-state index < -0.39 is 6.04 Å². The first-order valence-corrected chi connectivity index (χ1v) is 8.68. The van der Waals surface area contributed by atoms with Crippen LogP contribution in [0.5, 0.6) is 0 Å². The molecule has 2 amide bonds. The van der Waals surface area contributed by atoms with Crippen molar-refractivity contribution in [2.45, 2.75) is 12.6 Å². The summed E-state index contributed by atoms with van der Waals surface area (Å²) >= 11 is 0. The van der Waals surface area contributed by atoms with Gasteiger partial charge >= 0.3 is 0 Å². The van der Waals surface area contributed by atoms with E-state index in [1.165, 1.54) is 7.11 Å². The first-order chi connectivity index (χ1) is 12.6. The molecule has 1 aromatic heterocycles. The van der Waals surface area contributed by atoms with E-state index in [-0.39, 0.29) is 18.4 Å². The Morgan fingerprint density at radius 1 is 1.23 bits per heavy atom. The highest BCUT2D eigenvalue weighted by molar-refractivity contribution is 5.88. The zero-order valence-corrected chi connectivity index (χ0v) is 15.1. The summed E-state index contributed by atoms with van der Waals surface area (Å²) in [5, 5.41) is 3.98. The molecule has 7 heteroatoms. The second-order valence-corrected chi connectivity index (χ2v) is 6.51. The Morgan fingerprint density at radius 3 is 2.85 bits per heavy atom. The van der Waals surface area contributed by atoms with Gasteiger partial charge in [-0.25, -0.2) is 0 Å². The Bertz CT molecular complexity index is 795. The molecule has 0 spiro atoms. The van der Waals surface area contributed by atoms with Gasteiger partial charge in [0, 0.05) is 32.1 Å². The van der Waals surface area contributed by atoms with E-state index in [1.54, 1.807) is 4.90 Å². The maximum absolute atomic E-state index is 12.7. The molecule has 0 saturated carbocycles. The number of likely N-dealkylation sites (N-methyl/N-ethyl adjacent to an activating group) is 1. The molecule has 3 rings (SSSR count). The fraction of sp³-hybridized carbons (Fsp3) is 0.421. The minimum atomic E-state index is -0.517. The van der Waals surface area contributed by atoms with E-state index in [0.717, 1.165) is 23.1 Å². The van der Waals surface area contributed by atoms with Crippen molar-refractivity contribution in [1.29, 1.82) is 0 Å². The summed E-state index contributed by atoms with van der Waals surface area (Å²) < 4.78 is 4.94. The molecular formula is C19H24N4O3. The Hall–Kier alpha value is -2.51. The van der Waals surface area contributed by atoms with Crippen LogP contribution in [0.3, 0.4) is 0 Å². The third-order valence-corrected chi connectivity index (χ3v) is 4.57. The van der Waals surface area contributed by atoms with Crippen LogP contribution in [0.25, 0.3) is 10.9 Å². The van der Waals surface area contributed by atoms with Crippen LogP contribution in [0.1, 0.15) is 5.69 Å². The quantitative estimate of drug-likeness (QED) is 0.851. The molecule has 0 aliphatic carbocycles. The van der Waals surface area contributed by atoms with E-state index in [2.05, 4.69) is 15.2 Å². The van der Waals surface area contributed by atoms with Crippen LogP contribution in [-0.4, -0.2) is 73.0 Å². The fourth-order valence-electron chi connectivity index (χ4n) is 3.15. The van der Waals surface area contributed by atoms with Crippen molar-refractivity contribution in [3.05, 3.63) is 42.1 Å². The number of amides is 2. The standard InChI is InChI=1S/C19H24N4O3/c1-22-9-10-23(18(24)13-26-2)17(12-22)19(25)20-11-15-8-7-14-5-3-4-6-16(14)21-15/h3-8,17H,9-13H2,1-2H3,(H,20,25)/t17-/m0/s1. The number of carbonyl (C=O) groups is 2. The van der Waals surface area contributed by atoms with Crippen LogP contribution in [0.4, 0.5) is 0 Å². The lowest BCUT2D eigenvalue weighted by atomic mass is 10.1. The maximum atomic E-state index is 12.7. The molecule has 26 heavy (non-hydrogen) atoms. The molecule has 1 saturated heterocycles. The summed E-state index contributed by atoms with van der Waals surface area (Å²) in [5.41, 5.74) is 1.68. The molecule has 0 unspecified atom stereocenters. The summed E-state index contributed by atoms with van der Waals surface area (Å²) in [5.74, 6) is -0.333. The number of benzene rings is 1. The Labute approximate surface area is 152 Å². The second-order valence-electron chi connectivity index (χ2n) is 6.51. The number of piperazine rings is 1. The van der Waals surface area contributed by atoms with Crippen LogP contribution in [0, 0.1) is 0 Å². The largest absolute Gasteiger partial charge is 0.375 e. The number of nitrogens with one attached hydrogen (secondary N) is 1. The normalized spacial score (nSPS) is 18.1. The van der Waals surface area contributed by atoms with Gasteiger partial charge in [-0.05, 0) is 19.2 Å². The van der Waals surface area contributed by atoms with Gasteiger partial charge in [-0.15, -0.1) is 0 Å². The average molecular weight is 356 g/mol. The van der Waals surface area contributed by atoms with Gasteiger partial charge in [-0.2, -0.15) is 0 Å². The van der Waals surface area contributed by atoms with Crippen molar-refractivity contribution in [1.82, 2.24) is 20.1 Å². The minimum Gasteiger partial charge on any atom is -0.375 e. The summed E-state index contributed by atoms with van der Waals surface area (Å²) in [6.45, 7) is 2.08. The molecule has 1 aromatic carbocycles. The average Bonchev–Trinajstić information content (AvgIpc) is 2.66. The molecule has 138 valence electrons. The number of carbonyl (C=O) groups excluding carboxylic acids is 2. The Morgan fingerprint density at radius 2 is 2.04 bits per heavy atom. The second kappa shape index (κ2) is 8.25. The number of para-hydroxylation sites is 1. The lowest BCUT2D eigenvalue weighted by Gasteiger charge is -2.38. The first kappa shape index (κ1) is 18.3. The van der Waals surface area contributed by atoms with Crippen molar-refractivity contribution < 1.29 is 14.3 Å². The first-order valence-electron chi connectivity index (χ1n) is 8.68. The molecule has 2 aromatic rings. The van der Waals surface area contributed by atoms with Crippen molar-refractivity contribution in [3.8, 4) is 0 Å². The highest BCUT2D eigenvalue weighted by Gasteiger charge is 2.33. The third-order valence-electron chi connectivity index (χ3n) is 4.57. The Balaban J connectivity index is 1.67. The molecular weight excluding hydrogens is 332 g/mol. The maximum Gasteiger partial charge on any atom is 0.249 e. The van der Waals surface area contributed by atoms with Crippen molar-refractivity contribution in [2.24, 2.45) is 0 Å². The van der Waals surface area contributed by atoms with Crippen LogP contribution < -0.4 is 5.32 Å². The van der Waals surface area contributed by atoms with Crippen molar-refractivity contribution >= 4 is 22.7 Å². The number of aromatic nitrogens is 1. The van der Waals surface area contributed by atoms with Crippen molar-refractivity contribution in [3.63, 3.8) is 0 Å². The number of fused-ring (bicyclic) bond motifs is 1. The summed E-state index contributed by atoms with van der Waals surface area (Å²) in [7, 11) is 3.43. The summed E-state index contributed by atoms with van der Waals surface area (Å²) in [4.78, 5) is 33.1. The highest BCUT2D eigenvalue weighted by Crippen LogP contribution is 2.13. The lowest BCUT2D eigenvalue weighted by Crippen LogP contribution is -2.60. The molecule has 0 bridgehead atoms. The SMILES string of the molecule is COCC(=O)N1CCN(C)C[C@H]1C(=O)NCc1ccc2ccccc2n1. The number of ether oxygens (including phenoxy) is 1. The predicted octanol–water partition coefficient (Wildman–Crippen LogP) is 0.640. The molecule has 2 heterocycles. The van der Waals surface area contributed by atoms with E-state index in [0.29, 0.717) is 19.6 Å². The van der Waals surface area contributed by atoms with E-state index in [9.17, 15) is 9.59 Å². The van der Waals surface area contributed by atoms with Gasteiger partial charge in [-0.1, -0.05) is 24.3 Å². The zero-order chi connectivity index (χ0) is 18.5. The number of nitrogens with zero attached hydrogens (tertiary/aromatic N) is 3. The lowest BCUT2D eigenvalue weighted by molar-refractivity contribution is -0.146. The minimum absolute atomic E-state index is 0.0142. The predicted molar refractivity (Wildman–Crippen MR) is 98.5 cm³/mol. The number of hydrogen-bond acceptors (Lipinski definition) is 5. The molecule has 0 radical (unpaired) electrons. The van der Waals surface area contributed by atoms with Crippen LogP contribution >= 0.6 is 0 Å². The van der Waals surface area contributed by atoms with Gasteiger partial charge in [-0.3, -0.25) is 14.6 Å². The van der Waals surface area contributed by atoms with Gasteiger partial charge in [0.15, 0.2) is 0 Å². The molecule has 1 aliphatic rings. The molecule has 1 aliphatic heterocycles. The van der Waals surface area contributed by atoms with Crippen LogP contribution in [-0.2, 0) is 20.9 Å². The summed E-state index contributed by atoms with van der Waals surface area (Å²) in [6, 6.07) is 11.2. The Kier molecular flexibility index (Phi) is 5.80. The molecule has 1 atom stereocenters. The van der Waals surface area contributed by atoms with E-state index in [1.807, 2.05) is 43.4 Å². The van der Waals surface area contributed by atoms with Crippen molar-refractivity contribution in [2.75, 3.05) is 40.4 Å². The fourth-order valence-corrected chi connectivity index (χ4v) is 3.15. The number of hydrogen-bond donors (Lipinski definition) is 1. The van der Waals surface area contributed by atoms with Gasteiger partial charge in [0.05, 0.1) is 17.8 Å². The van der Waals surface area contributed by atoms with E-state index >= 15 is 0 Å². The highest BCUT2D eigenvalue weighted by atomic mass is 16.5. The topological polar surface area (TPSA) is 74.8 Å².